The van der Waals surface area contributed by atoms with Gasteiger partial charge in [0.05, 0.1) is 6.54 Å². The molecule has 0 atom stereocenters. The van der Waals surface area contributed by atoms with Crippen molar-refractivity contribution in [1.29, 1.82) is 0 Å². The van der Waals surface area contributed by atoms with Crippen LogP contribution in [0.2, 0.25) is 0 Å². The van der Waals surface area contributed by atoms with E-state index in [1.807, 2.05) is 25.5 Å². The third-order valence-electron chi connectivity index (χ3n) is 3.02. The van der Waals surface area contributed by atoms with Crippen LogP contribution in [0.5, 0.6) is 0 Å². The molecule has 3 rings (SSSR count). The summed E-state index contributed by atoms with van der Waals surface area (Å²) in [5, 5.41) is 10.0. The second-order valence-electron chi connectivity index (χ2n) is 4.45. The lowest BCUT2D eigenvalue weighted by Crippen LogP contribution is -2.14. The molecule has 1 N–H and O–H groups in total. The Morgan fingerprint density at radius 1 is 1.21 bits per heavy atom. The van der Waals surface area contributed by atoms with Crippen molar-refractivity contribution >= 4 is 10.8 Å². The smallest absolute Gasteiger partial charge is 0.164 e. The van der Waals surface area contributed by atoms with Gasteiger partial charge in [0.25, 0.3) is 0 Å². The van der Waals surface area contributed by atoms with Gasteiger partial charge in [0, 0.05) is 31.4 Å². The summed E-state index contributed by atoms with van der Waals surface area (Å²) in [6.45, 7) is 1.46. The van der Waals surface area contributed by atoms with Crippen LogP contribution in [-0.2, 0) is 20.1 Å². The Bertz CT molecular complexity index is 684. The summed E-state index contributed by atoms with van der Waals surface area (Å²) in [7, 11) is 1.87. The normalized spacial score (nSPS) is 11.0. The minimum absolute atomic E-state index is 0.669. The van der Waals surface area contributed by atoms with Gasteiger partial charge in [-0.15, -0.1) is 0 Å². The monoisotopic (exact) mass is 253 g/mol. The third-order valence-corrected chi connectivity index (χ3v) is 3.02. The van der Waals surface area contributed by atoms with E-state index in [1.165, 1.54) is 10.9 Å². The van der Waals surface area contributed by atoms with Crippen molar-refractivity contribution in [1.82, 2.24) is 25.1 Å². The van der Waals surface area contributed by atoms with Gasteiger partial charge in [-0.2, -0.15) is 5.10 Å². The summed E-state index contributed by atoms with van der Waals surface area (Å²) < 4.78 is 1.71. The van der Waals surface area contributed by atoms with E-state index in [0.717, 1.165) is 17.8 Å². The Kier molecular flexibility index (Phi) is 3.20. The van der Waals surface area contributed by atoms with E-state index in [2.05, 4.69) is 38.6 Å². The number of hydrogen-bond acceptors (Lipinski definition) is 4. The minimum atomic E-state index is 0.669. The SMILES string of the molecule is Cn1cnc(CNCc2cccc3cnccc23)n1. The van der Waals surface area contributed by atoms with Crippen molar-refractivity contribution in [2.45, 2.75) is 13.1 Å². The van der Waals surface area contributed by atoms with Crippen molar-refractivity contribution in [2.75, 3.05) is 0 Å². The van der Waals surface area contributed by atoms with Gasteiger partial charge in [0.15, 0.2) is 5.82 Å². The quantitative estimate of drug-likeness (QED) is 0.768. The molecule has 0 fully saturated rings. The maximum atomic E-state index is 4.24. The van der Waals surface area contributed by atoms with Gasteiger partial charge < -0.3 is 5.32 Å². The van der Waals surface area contributed by atoms with Crippen LogP contribution in [0.1, 0.15) is 11.4 Å². The van der Waals surface area contributed by atoms with Gasteiger partial charge in [0.1, 0.15) is 6.33 Å². The van der Waals surface area contributed by atoms with Crippen molar-refractivity contribution in [2.24, 2.45) is 7.05 Å². The number of rotatable bonds is 4. The average Bonchev–Trinajstić information content (AvgIpc) is 2.85. The van der Waals surface area contributed by atoms with E-state index in [9.17, 15) is 0 Å². The molecule has 0 saturated carbocycles. The largest absolute Gasteiger partial charge is 0.306 e. The second kappa shape index (κ2) is 5.16. The molecule has 0 radical (unpaired) electrons. The fraction of sp³-hybridized carbons (Fsp3) is 0.214. The van der Waals surface area contributed by atoms with Crippen molar-refractivity contribution in [3.05, 3.63) is 54.4 Å². The molecule has 0 spiro atoms. The molecule has 19 heavy (non-hydrogen) atoms. The van der Waals surface area contributed by atoms with E-state index >= 15 is 0 Å². The van der Waals surface area contributed by atoms with Crippen molar-refractivity contribution in [3.63, 3.8) is 0 Å². The predicted molar refractivity (Wildman–Crippen MR) is 73.3 cm³/mol. The van der Waals surface area contributed by atoms with Crippen LogP contribution in [0.15, 0.2) is 43.0 Å². The molecule has 3 aromatic rings. The molecule has 0 bridgehead atoms. The zero-order chi connectivity index (χ0) is 13.1. The number of aromatic nitrogens is 4. The average molecular weight is 253 g/mol. The molecule has 0 aliphatic carbocycles. The topological polar surface area (TPSA) is 55.6 Å². The zero-order valence-corrected chi connectivity index (χ0v) is 10.7. The van der Waals surface area contributed by atoms with Gasteiger partial charge in [-0.25, -0.2) is 4.98 Å². The maximum absolute atomic E-state index is 4.24. The lowest BCUT2D eigenvalue weighted by molar-refractivity contribution is 0.651. The highest BCUT2D eigenvalue weighted by Gasteiger charge is 2.02. The third kappa shape index (κ3) is 2.61. The molecule has 96 valence electrons. The van der Waals surface area contributed by atoms with Crippen LogP contribution in [0.25, 0.3) is 10.8 Å². The Hall–Kier alpha value is -2.27. The van der Waals surface area contributed by atoms with E-state index < -0.39 is 0 Å². The lowest BCUT2D eigenvalue weighted by Gasteiger charge is -2.06. The Morgan fingerprint density at radius 3 is 3.00 bits per heavy atom. The minimum Gasteiger partial charge on any atom is -0.306 e. The molecule has 0 unspecified atom stereocenters. The number of benzene rings is 1. The van der Waals surface area contributed by atoms with Crippen LogP contribution in [-0.4, -0.2) is 19.7 Å². The van der Waals surface area contributed by atoms with Crippen molar-refractivity contribution < 1.29 is 0 Å². The van der Waals surface area contributed by atoms with E-state index in [-0.39, 0.29) is 0 Å². The first-order valence-corrected chi connectivity index (χ1v) is 6.20. The summed E-state index contributed by atoms with van der Waals surface area (Å²) in [4.78, 5) is 8.33. The van der Waals surface area contributed by atoms with Crippen LogP contribution >= 0.6 is 0 Å². The molecule has 0 aliphatic heterocycles. The Labute approximate surface area is 111 Å². The molecule has 2 heterocycles. The van der Waals surface area contributed by atoms with Crippen LogP contribution in [0.4, 0.5) is 0 Å². The van der Waals surface area contributed by atoms with Crippen LogP contribution < -0.4 is 5.32 Å². The van der Waals surface area contributed by atoms with Gasteiger partial charge in [-0.1, -0.05) is 18.2 Å². The van der Waals surface area contributed by atoms with Gasteiger partial charge in [-0.05, 0) is 17.0 Å². The fourth-order valence-electron chi connectivity index (χ4n) is 2.12. The van der Waals surface area contributed by atoms with Gasteiger partial charge in [0.2, 0.25) is 0 Å². The molecular formula is C14H15N5. The molecule has 5 nitrogen and oxygen atoms in total. The Balaban J connectivity index is 1.71. The molecule has 2 aromatic heterocycles. The number of fused-ring (bicyclic) bond motifs is 1. The second-order valence-corrected chi connectivity index (χ2v) is 4.45. The highest BCUT2D eigenvalue weighted by molar-refractivity contribution is 5.84. The van der Waals surface area contributed by atoms with Gasteiger partial charge in [-0.3, -0.25) is 9.67 Å². The summed E-state index contributed by atoms with van der Waals surface area (Å²) in [6, 6.07) is 8.30. The van der Waals surface area contributed by atoms with E-state index in [1.54, 1.807) is 11.0 Å². The standard InChI is InChI=1S/C14H15N5/c1-19-10-17-14(18-19)9-16-8-12-4-2-3-11-7-15-6-5-13(11)12/h2-7,10,16H,8-9H2,1H3. The van der Waals surface area contributed by atoms with Crippen molar-refractivity contribution in [3.8, 4) is 0 Å². The summed E-state index contributed by atoms with van der Waals surface area (Å²) >= 11 is 0. The summed E-state index contributed by atoms with van der Waals surface area (Å²) in [6.07, 6.45) is 5.42. The molecule has 0 amide bonds. The number of pyridine rings is 1. The first-order chi connectivity index (χ1) is 9.33. The summed E-state index contributed by atoms with van der Waals surface area (Å²) in [5.41, 5.74) is 1.26. The zero-order valence-electron chi connectivity index (χ0n) is 10.7. The Morgan fingerprint density at radius 2 is 2.16 bits per heavy atom. The molecule has 1 aromatic carbocycles. The van der Waals surface area contributed by atoms with Gasteiger partial charge >= 0.3 is 0 Å². The molecule has 5 heteroatoms. The number of aryl methyl sites for hydroxylation is 1. The molecule has 0 saturated heterocycles. The predicted octanol–water partition coefficient (Wildman–Crippen LogP) is 1.65. The lowest BCUT2D eigenvalue weighted by atomic mass is 10.1. The number of hydrogen-bond donors (Lipinski definition) is 1. The van der Waals surface area contributed by atoms with E-state index in [0.29, 0.717) is 6.54 Å². The summed E-state index contributed by atoms with van der Waals surface area (Å²) in [5.74, 6) is 0.810. The highest BCUT2D eigenvalue weighted by Crippen LogP contribution is 2.17. The number of nitrogens with one attached hydrogen (secondary N) is 1. The van der Waals surface area contributed by atoms with E-state index in [4.69, 9.17) is 0 Å². The van der Waals surface area contributed by atoms with Crippen LogP contribution in [0.3, 0.4) is 0 Å². The highest BCUT2D eigenvalue weighted by atomic mass is 15.3. The first-order valence-electron chi connectivity index (χ1n) is 6.20. The molecule has 0 aliphatic rings. The number of nitrogens with zero attached hydrogens (tertiary/aromatic N) is 4. The first kappa shape index (κ1) is 11.8. The fourth-order valence-corrected chi connectivity index (χ4v) is 2.12. The van der Waals surface area contributed by atoms with Crippen LogP contribution in [0, 0.1) is 0 Å². The maximum Gasteiger partial charge on any atom is 0.164 e. The molecular weight excluding hydrogens is 238 g/mol.